The third-order valence-corrected chi connectivity index (χ3v) is 5.82. The molecule has 0 bridgehead atoms. The van der Waals surface area contributed by atoms with Gasteiger partial charge in [-0.3, -0.25) is 24.0 Å². The second kappa shape index (κ2) is 16.2. The van der Waals surface area contributed by atoms with Gasteiger partial charge in [0, 0.05) is 6.42 Å². The van der Waals surface area contributed by atoms with Crippen molar-refractivity contribution in [3.05, 3.63) is 35.9 Å². The number of primary amides is 1. The molecule has 204 valence electrons. The molecule has 0 spiro atoms. The Morgan fingerprint density at radius 2 is 1.41 bits per heavy atom. The van der Waals surface area contributed by atoms with Gasteiger partial charge in [-0.25, -0.2) is 4.79 Å². The second-order valence-corrected chi connectivity index (χ2v) is 9.19. The average molecular weight is 540 g/mol. The fourth-order valence-corrected chi connectivity index (χ4v) is 3.70. The van der Waals surface area contributed by atoms with Crippen molar-refractivity contribution in [2.24, 2.45) is 11.5 Å². The van der Waals surface area contributed by atoms with Crippen molar-refractivity contribution in [2.45, 2.75) is 56.3 Å². The van der Waals surface area contributed by atoms with Crippen LogP contribution in [0.3, 0.4) is 0 Å². The van der Waals surface area contributed by atoms with E-state index in [0.717, 1.165) is 5.56 Å². The lowest BCUT2D eigenvalue weighted by Gasteiger charge is -2.25. The number of hydrogen-bond acceptors (Lipinski definition) is 8. The highest BCUT2D eigenvalue weighted by atomic mass is 32.2. The molecule has 0 saturated heterocycles. The Labute approximate surface area is 218 Å². The van der Waals surface area contributed by atoms with E-state index in [4.69, 9.17) is 16.6 Å². The van der Waals surface area contributed by atoms with Crippen molar-refractivity contribution in [2.75, 3.05) is 12.0 Å². The molecule has 0 heterocycles. The van der Waals surface area contributed by atoms with Gasteiger partial charge < -0.3 is 37.6 Å². The molecular formula is C23H33N5O8S. The largest absolute Gasteiger partial charge is 0.481 e. The second-order valence-electron chi connectivity index (χ2n) is 8.20. The van der Waals surface area contributed by atoms with Crippen LogP contribution in [-0.2, 0) is 35.2 Å². The minimum absolute atomic E-state index is 0.184. The molecule has 1 aromatic rings. The molecular weight excluding hydrogens is 506 g/mol. The highest BCUT2D eigenvalue weighted by molar-refractivity contribution is 7.98. The molecule has 9 N–H and O–H groups in total. The molecule has 0 aliphatic rings. The predicted octanol–water partition coefficient (Wildman–Crippen LogP) is -1.41. The average Bonchev–Trinajstić information content (AvgIpc) is 2.83. The maximum Gasteiger partial charge on any atom is 0.326 e. The van der Waals surface area contributed by atoms with Crippen molar-refractivity contribution in [1.82, 2.24) is 16.0 Å². The molecule has 13 nitrogen and oxygen atoms in total. The zero-order valence-corrected chi connectivity index (χ0v) is 21.2. The Morgan fingerprint density at radius 1 is 0.865 bits per heavy atom. The third kappa shape index (κ3) is 12.2. The van der Waals surface area contributed by atoms with Crippen LogP contribution in [0.4, 0.5) is 0 Å². The van der Waals surface area contributed by atoms with E-state index >= 15 is 0 Å². The zero-order chi connectivity index (χ0) is 28.0. The smallest absolute Gasteiger partial charge is 0.326 e. The number of carboxylic acid groups (broad SMARTS) is 2. The molecule has 14 heteroatoms. The summed E-state index contributed by atoms with van der Waals surface area (Å²) >= 11 is 1.41. The number of thioether (sulfide) groups is 1. The quantitative estimate of drug-likeness (QED) is 0.122. The van der Waals surface area contributed by atoms with Crippen molar-refractivity contribution < 1.29 is 39.0 Å². The minimum atomic E-state index is -1.67. The standard InChI is InChI=1S/C23H33N5O8S/c1-37-10-9-16(26-20(32)14(24)11-13-5-3-2-4-6-13)22(34)27-15(7-8-19(30)31)21(33)28-17(23(35)36)12-18(25)29/h2-6,14-17H,7-12,24H2,1H3,(H2,25,29)(H,26,32)(H,27,34)(H,28,33)(H,30,31)(H,35,36). The lowest BCUT2D eigenvalue weighted by atomic mass is 10.0. The molecule has 0 saturated carbocycles. The first-order valence-electron chi connectivity index (χ1n) is 11.4. The van der Waals surface area contributed by atoms with Crippen LogP contribution in [0.25, 0.3) is 0 Å². The van der Waals surface area contributed by atoms with Gasteiger partial charge in [-0.1, -0.05) is 30.3 Å². The molecule has 0 radical (unpaired) electrons. The maximum absolute atomic E-state index is 13.0. The molecule has 1 aromatic carbocycles. The maximum atomic E-state index is 13.0. The van der Waals surface area contributed by atoms with Gasteiger partial charge in [-0.15, -0.1) is 0 Å². The normalized spacial score (nSPS) is 13.9. The van der Waals surface area contributed by atoms with Gasteiger partial charge in [0.05, 0.1) is 12.5 Å². The van der Waals surface area contributed by atoms with Gasteiger partial charge in [-0.05, 0) is 36.8 Å². The number of nitrogens with two attached hydrogens (primary N) is 2. The molecule has 37 heavy (non-hydrogen) atoms. The Balaban J connectivity index is 2.98. The number of aliphatic carboxylic acids is 2. The number of carboxylic acids is 2. The van der Waals surface area contributed by atoms with E-state index in [1.54, 1.807) is 30.5 Å². The first kappa shape index (κ1) is 31.4. The molecule has 0 aliphatic carbocycles. The Bertz CT molecular complexity index is 962. The summed E-state index contributed by atoms with van der Waals surface area (Å²) in [5.74, 6) is -5.68. The van der Waals surface area contributed by atoms with Crippen LogP contribution in [-0.4, -0.2) is 82.0 Å². The molecule has 0 aliphatic heterocycles. The summed E-state index contributed by atoms with van der Waals surface area (Å²) in [6.07, 6.45) is 0.619. The van der Waals surface area contributed by atoms with Crippen LogP contribution in [0.15, 0.2) is 30.3 Å². The molecule has 0 fully saturated rings. The molecule has 0 aromatic heterocycles. The highest BCUT2D eigenvalue weighted by Crippen LogP contribution is 2.07. The molecule has 4 unspecified atom stereocenters. The number of nitrogens with one attached hydrogen (secondary N) is 3. The topological polar surface area (TPSA) is 231 Å². The van der Waals surface area contributed by atoms with Crippen molar-refractivity contribution in [1.29, 1.82) is 0 Å². The van der Waals surface area contributed by atoms with Gasteiger partial charge in [0.25, 0.3) is 0 Å². The number of amides is 4. The van der Waals surface area contributed by atoms with Crippen LogP contribution in [0, 0.1) is 0 Å². The van der Waals surface area contributed by atoms with E-state index in [-0.39, 0.29) is 19.3 Å². The third-order valence-electron chi connectivity index (χ3n) is 5.18. The van der Waals surface area contributed by atoms with Crippen molar-refractivity contribution in [3.63, 3.8) is 0 Å². The number of carbonyl (C=O) groups excluding carboxylic acids is 4. The first-order valence-corrected chi connectivity index (χ1v) is 12.8. The SMILES string of the molecule is CSCCC(NC(=O)C(N)Cc1ccccc1)C(=O)NC(CCC(=O)O)C(=O)NC(CC(N)=O)C(=O)O. The Morgan fingerprint density at radius 3 is 1.92 bits per heavy atom. The van der Waals surface area contributed by atoms with Gasteiger partial charge in [0.1, 0.15) is 18.1 Å². The number of rotatable bonds is 17. The van der Waals surface area contributed by atoms with Gasteiger partial charge >= 0.3 is 11.9 Å². The van der Waals surface area contributed by atoms with E-state index < -0.39 is 72.6 Å². The monoisotopic (exact) mass is 539 g/mol. The highest BCUT2D eigenvalue weighted by Gasteiger charge is 2.31. The van der Waals surface area contributed by atoms with Crippen LogP contribution in [0.1, 0.15) is 31.2 Å². The molecule has 4 atom stereocenters. The summed E-state index contributed by atoms with van der Waals surface area (Å²) in [5.41, 5.74) is 11.8. The van der Waals surface area contributed by atoms with Crippen molar-refractivity contribution >= 4 is 47.3 Å². The van der Waals surface area contributed by atoms with E-state index in [1.807, 2.05) is 6.07 Å². The molecule has 1 rings (SSSR count). The van der Waals surface area contributed by atoms with Crippen LogP contribution >= 0.6 is 11.8 Å². The lowest BCUT2D eigenvalue weighted by Crippen LogP contribution is -2.57. The summed E-state index contributed by atoms with van der Waals surface area (Å²) in [6.45, 7) is 0. The summed E-state index contributed by atoms with van der Waals surface area (Å²) in [6, 6.07) is 3.86. The summed E-state index contributed by atoms with van der Waals surface area (Å²) in [4.78, 5) is 72.0. The van der Waals surface area contributed by atoms with E-state index in [0.29, 0.717) is 5.75 Å². The Kier molecular flexibility index (Phi) is 13.7. The fraction of sp³-hybridized carbons (Fsp3) is 0.478. The Hall–Kier alpha value is -3.65. The number of hydrogen-bond donors (Lipinski definition) is 7. The summed E-state index contributed by atoms with van der Waals surface area (Å²) in [5, 5.41) is 25.3. The van der Waals surface area contributed by atoms with Gasteiger partial charge in [0.2, 0.25) is 23.6 Å². The predicted molar refractivity (Wildman–Crippen MR) is 135 cm³/mol. The van der Waals surface area contributed by atoms with Gasteiger partial charge in [-0.2, -0.15) is 11.8 Å². The van der Waals surface area contributed by atoms with Crippen molar-refractivity contribution in [3.8, 4) is 0 Å². The minimum Gasteiger partial charge on any atom is -0.481 e. The van der Waals surface area contributed by atoms with E-state index in [1.165, 1.54) is 11.8 Å². The summed E-state index contributed by atoms with van der Waals surface area (Å²) < 4.78 is 0. The molecule has 4 amide bonds. The van der Waals surface area contributed by atoms with E-state index in [9.17, 15) is 33.9 Å². The van der Waals surface area contributed by atoms with Crippen LogP contribution in [0.2, 0.25) is 0 Å². The number of benzene rings is 1. The first-order chi connectivity index (χ1) is 17.4. The van der Waals surface area contributed by atoms with Crippen LogP contribution in [0.5, 0.6) is 0 Å². The fourth-order valence-electron chi connectivity index (χ4n) is 3.23. The number of carbonyl (C=O) groups is 6. The summed E-state index contributed by atoms with van der Waals surface area (Å²) in [7, 11) is 0. The van der Waals surface area contributed by atoms with E-state index in [2.05, 4.69) is 16.0 Å². The zero-order valence-electron chi connectivity index (χ0n) is 20.3. The lowest BCUT2D eigenvalue weighted by molar-refractivity contribution is -0.144. The van der Waals surface area contributed by atoms with Gasteiger partial charge in [0.15, 0.2) is 0 Å². The van der Waals surface area contributed by atoms with Crippen LogP contribution < -0.4 is 27.4 Å².